The van der Waals surface area contributed by atoms with Crippen molar-refractivity contribution in [1.82, 2.24) is 5.43 Å². The number of amides is 1. The van der Waals surface area contributed by atoms with Crippen LogP contribution in [0.1, 0.15) is 21.7 Å². The van der Waals surface area contributed by atoms with Crippen molar-refractivity contribution in [1.29, 1.82) is 0 Å². The van der Waals surface area contributed by atoms with E-state index in [0.29, 0.717) is 28.4 Å². The lowest BCUT2D eigenvalue weighted by Crippen LogP contribution is -2.24. The minimum Gasteiger partial charge on any atom is -0.484 e. The van der Waals surface area contributed by atoms with Crippen LogP contribution >= 0.6 is 0 Å². The van der Waals surface area contributed by atoms with Crippen LogP contribution in [0, 0.1) is 6.92 Å². The molecule has 0 unspecified atom stereocenters. The number of nitrogens with zero attached hydrogens (tertiary/aromatic N) is 2. The van der Waals surface area contributed by atoms with Crippen molar-refractivity contribution in [2.45, 2.75) is 6.92 Å². The third-order valence-electron chi connectivity index (χ3n) is 4.46. The quantitative estimate of drug-likeness (QED) is 0.426. The van der Waals surface area contributed by atoms with Gasteiger partial charge < -0.3 is 19.2 Å². The van der Waals surface area contributed by atoms with Crippen LogP contribution in [0.2, 0.25) is 0 Å². The normalized spacial score (nSPS) is 10.8. The zero-order valence-corrected chi connectivity index (χ0v) is 17.5. The van der Waals surface area contributed by atoms with E-state index in [-0.39, 0.29) is 12.2 Å². The fourth-order valence-electron chi connectivity index (χ4n) is 2.78. The summed E-state index contributed by atoms with van der Waals surface area (Å²) in [6.07, 6.45) is 1.36. The fourth-order valence-corrected chi connectivity index (χ4v) is 2.78. The lowest BCUT2D eigenvalue weighted by atomic mass is 10.0. The molecule has 31 heavy (non-hydrogen) atoms. The maximum absolute atomic E-state index is 11.9. The van der Waals surface area contributed by atoms with E-state index in [1.807, 2.05) is 37.2 Å². The Morgan fingerprint density at radius 1 is 1.16 bits per heavy atom. The summed E-state index contributed by atoms with van der Waals surface area (Å²) >= 11 is 0. The standard InChI is InChI=1S/C23H23N3O5/c1-15-7-8-16(11-20(15)23(28)29)21-10-9-19(31-21)13-24-25-22(27)14-30-18-6-4-5-17(12-18)26(2)3/h4-13H,14H2,1-3H3,(H,25,27)(H,28,29)/b24-13+. The Hall–Kier alpha value is -4.07. The molecule has 0 saturated heterocycles. The van der Waals surface area contributed by atoms with E-state index >= 15 is 0 Å². The summed E-state index contributed by atoms with van der Waals surface area (Å²) in [5, 5.41) is 13.1. The first kappa shape index (κ1) is 21.6. The monoisotopic (exact) mass is 421 g/mol. The molecule has 0 radical (unpaired) electrons. The molecule has 2 N–H and O–H groups in total. The number of ether oxygens (including phenoxy) is 1. The van der Waals surface area contributed by atoms with Gasteiger partial charge in [0.2, 0.25) is 0 Å². The van der Waals surface area contributed by atoms with Gasteiger partial charge in [0, 0.05) is 31.4 Å². The second-order valence-electron chi connectivity index (χ2n) is 7.01. The Labute approximate surface area is 179 Å². The van der Waals surface area contributed by atoms with E-state index in [1.165, 1.54) is 6.21 Å². The number of carboxylic acids is 1. The average Bonchev–Trinajstić information content (AvgIpc) is 3.21. The number of hydrogen-bond donors (Lipinski definition) is 2. The minimum absolute atomic E-state index is 0.182. The molecule has 160 valence electrons. The minimum atomic E-state index is -0.994. The molecule has 3 aromatic rings. The Balaban J connectivity index is 1.55. The van der Waals surface area contributed by atoms with E-state index < -0.39 is 11.9 Å². The predicted octanol–water partition coefficient (Wildman–Crippen LogP) is 3.55. The number of hydrogen-bond acceptors (Lipinski definition) is 6. The number of aryl methyl sites for hydroxylation is 1. The largest absolute Gasteiger partial charge is 0.484 e. The summed E-state index contributed by atoms with van der Waals surface area (Å²) in [5.41, 5.74) is 4.87. The molecule has 0 spiro atoms. The van der Waals surface area contributed by atoms with E-state index in [4.69, 9.17) is 9.15 Å². The summed E-state index contributed by atoms with van der Waals surface area (Å²) in [5.74, 6) is 0.0838. The maximum atomic E-state index is 11.9. The van der Waals surface area contributed by atoms with E-state index in [0.717, 1.165) is 5.69 Å². The molecule has 0 bridgehead atoms. The number of furan rings is 1. The number of carboxylic acid groups (broad SMARTS) is 1. The Bertz CT molecular complexity index is 1120. The van der Waals surface area contributed by atoms with Gasteiger partial charge in [-0.15, -0.1) is 0 Å². The van der Waals surface area contributed by atoms with Gasteiger partial charge in [0.25, 0.3) is 5.91 Å². The molecule has 1 amide bonds. The first-order valence-electron chi connectivity index (χ1n) is 9.50. The second-order valence-corrected chi connectivity index (χ2v) is 7.01. The molecule has 1 aromatic heterocycles. The van der Waals surface area contributed by atoms with Crippen molar-refractivity contribution in [3.63, 3.8) is 0 Å². The summed E-state index contributed by atoms with van der Waals surface area (Å²) in [4.78, 5) is 25.2. The average molecular weight is 421 g/mol. The van der Waals surface area contributed by atoms with Crippen LogP contribution in [-0.2, 0) is 4.79 Å². The van der Waals surface area contributed by atoms with Gasteiger partial charge in [0.05, 0.1) is 11.8 Å². The van der Waals surface area contributed by atoms with Crippen molar-refractivity contribution >= 4 is 23.8 Å². The first-order chi connectivity index (χ1) is 14.8. The van der Waals surface area contributed by atoms with E-state index in [2.05, 4.69) is 10.5 Å². The molecular formula is C23H23N3O5. The van der Waals surface area contributed by atoms with Crippen LogP contribution in [-0.4, -0.2) is 43.9 Å². The van der Waals surface area contributed by atoms with Gasteiger partial charge in [-0.05, 0) is 42.8 Å². The highest BCUT2D eigenvalue weighted by molar-refractivity contribution is 5.91. The number of rotatable bonds is 8. The highest BCUT2D eigenvalue weighted by Crippen LogP contribution is 2.24. The first-order valence-corrected chi connectivity index (χ1v) is 9.50. The Kier molecular flexibility index (Phi) is 6.71. The van der Waals surface area contributed by atoms with Gasteiger partial charge in [0.15, 0.2) is 6.61 Å². The predicted molar refractivity (Wildman–Crippen MR) is 118 cm³/mol. The van der Waals surface area contributed by atoms with Crippen molar-refractivity contribution in [2.75, 3.05) is 25.6 Å². The van der Waals surface area contributed by atoms with E-state index in [9.17, 15) is 14.7 Å². The number of carbonyl (C=O) groups excluding carboxylic acids is 1. The molecule has 0 atom stereocenters. The molecule has 0 aliphatic carbocycles. The van der Waals surface area contributed by atoms with Crippen molar-refractivity contribution in [2.24, 2.45) is 5.10 Å². The van der Waals surface area contributed by atoms with Crippen molar-refractivity contribution < 1.29 is 23.8 Å². The molecule has 3 rings (SSSR count). The van der Waals surface area contributed by atoms with Gasteiger partial charge in [-0.25, -0.2) is 10.2 Å². The SMILES string of the molecule is Cc1ccc(-c2ccc(/C=N/NC(=O)COc3cccc(N(C)C)c3)o2)cc1C(=O)O. The van der Waals surface area contributed by atoms with Crippen LogP contribution in [0.3, 0.4) is 0 Å². The molecule has 0 fully saturated rings. The van der Waals surface area contributed by atoms with Crippen LogP contribution in [0.25, 0.3) is 11.3 Å². The van der Waals surface area contributed by atoms with Crippen molar-refractivity contribution in [3.8, 4) is 17.1 Å². The van der Waals surface area contributed by atoms with Crippen LogP contribution < -0.4 is 15.1 Å². The third kappa shape index (κ3) is 5.72. The lowest BCUT2D eigenvalue weighted by molar-refractivity contribution is -0.123. The van der Waals surface area contributed by atoms with Crippen LogP contribution in [0.4, 0.5) is 5.69 Å². The highest BCUT2D eigenvalue weighted by atomic mass is 16.5. The molecule has 0 saturated carbocycles. The molecular weight excluding hydrogens is 398 g/mol. The summed E-state index contributed by atoms with van der Waals surface area (Å²) < 4.78 is 11.1. The van der Waals surface area contributed by atoms with Gasteiger partial charge in [-0.2, -0.15) is 5.10 Å². The fraction of sp³-hybridized carbons (Fsp3) is 0.174. The van der Waals surface area contributed by atoms with E-state index in [1.54, 1.807) is 43.3 Å². The Morgan fingerprint density at radius 2 is 1.97 bits per heavy atom. The lowest BCUT2D eigenvalue weighted by Gasteiger charge is -2.13. The molecule has 0 aliphatic rings. The number of hydrazone groups is 1. The number of benzene rings is 2. The van der Waals surface area contributed by atoms with Gasteiger partial charge >= 0.3 is 5.97 Å². The van der Waals surface area contributed by atoms with Crippen LogP contribution in [0.5, 0.6) is 5.75 Å². The third-order valence-corrected chi connectivity index (χ3v) is 4.46. The topological polar surface area (TPSA) is 104 Å². The highest BCUT2D eigenvalue weighted by Gasteiger charge is 2.11. The Morgan fingerprint density at radius 3 is 2.71 bits per heavy atom. The smallest absolute Gasteiger partial charge is 0.335 e. The summed E-state index contributed by atoms with van der Waals surface area (Å²) in [7, 11) is 3.84. The van der Waals surface area contributed by atoms with Gasteiger partial charge in [-0.1, -0.05) is 18.2 Å². The number of nitrogens with one attached hydrogen (secondary N) is 1. The summed E-state index contributed by atoms with van der Waals surface area (Å²) in [6.45, 7) is 1.55. The number of carbonyl (C=O) groups is 2. The molecule has 2 aromatic carbocycles. The number of anilines is 1. The van der Waals surface area contributed by atoms with Gasteiger partial charge in [0.1, 0.15) is 17.3 Å². The molecule has 0 aliphatic heterocycles. The molecule has 8 heteroatoms. The summed E-state index contributed by atoms with van der Waals surface area (Å²) in [6, 6.07) is 15.8. The zero-order valence-electron chi connectivity index (χ0n) is 17.5. The molecule has 8 nitrogen and oxygen atoms in total. The van der Waals surface area contributed by atoms with Crippen molar-refractivity contribution in [3.05, 3.63) is 71.5 Å². The van der Waals surface area contributed by atoms with Gasteiger partial charge in [-0.3, -0.25) is 4.79 Å². The van der Waals surface area contributed by atoms with Crippen LogP contribution in [0.15, 0.2) is 64.1 Å². The maximum Gasteiger partial charge on any atom is 0.335 e. The second kappa shape index (κ2) is 9.62. The zero-order chi connectivity index (χ0) is 22.4. The molecule has 1 heterocycles. The number of aromatic carboxylic acids is 1.